The summed E-state index contributed by atoms with van der Waals surface area (Å²) in [6.07, 6.45) is 1.50. The lowest BCUT2D eigenvalue weighted by Crippen LogP contribution is -2.41. The number of thioether (sulfide) groups is 1. The minimum absolute atomic E-state index is 0.363. The molecule has 0 radical (unpaired) electrons. The van der Waals surface area contributed by atoms with Crippen molar-refractivity contribution in [3.8, 4) is 0 Å². The van der Waals surface area contributed by atoms with Crippen molar-refractivity contribution in [1.82, 2.24) is 15.8 Å². The highest BCUT2D eigenvalue weighted by molar-refractivity contribution is 7.98. The zero-order valence-electron chi connectivity index (χ0n) is 17.8. The molecule has 2 heterocycles. The maximum absolute atomic E-state index is 12.4. The Hall–Kier alpha value is -3.07. The average Bonchev–Trinajstić information content (AvgIpc) is 2.87. The average molecular weight is 483 g/mol. The summed E-state index contributed by atoms with van der Waals surface area (Å²) in [5, 5.41) is 0.711. The molecule has 1 fully saturated rings. The Kier molecular flexibility index (Phi) is 7.83. The smallest absolute Gasteiger partial charge is 0.271 e. The summed E-state index contributed by atoms with van der Waals surface area (Å²) in [5.41, 5.74) is 6.78. The molecule has 0 atom stereocenters. The number of amides is 2. The van der Waals surface area contributed by atoms with E-state index in [0.717, 1.165) is 35.1 Å². The summed E-state index contributed by atoms with van der Waals surface area (Å²) >= 11 is 7.60. The van der Waals surface area contributed by atoms with E-state index in [0.29, 0.717) is 29.4 Å². The first kappa shape index (κ1) is 23.1. The van der Waals surface area contributed by atoms with Crippen LogP contribution in [-0.2, 0) is 10.5 Å². The van der Waals surface area contributed by atoms with Crippen molar-refractivity contribution in [2.75, 3.05) is 31.2 Å². The number of hydrogen-bond acceptors (Lipinski definition) is 6. The molecule has 0 saturated carbocycles. The second-order valence-electron chi connectivity index (χ2n) is 7.35. The number of aromatic nitrogens is 1. The van der Waals surface area contributed by atoms with E-state index in [1.807, 2.05) is 36.4 Å². The fraction of sp³-hybridized carbons (Fsp3) is 0.208. The highest BCUT2D eigenvalue weighted by Crippen LogP contribution is 2.24. The zero-order chi connectivity index (χ0) is 23.0. The van der Waals surface area contributed by atoms with Crippen LogP contribution in [0.15, 0.2) is 71.8 Å². The minimum Gasteiger partial charge on any atom is -0.378 e. The van der Waals surface area contributed by atoms with Gasteiger partial charge in [0.25, 0.3) is 11.8 Å². The third-order valence-corrected chi connectivity index (χ3v) is 6.41. The predicted octanol–water partition coefficient (Wildman–Crippen LogP) is 3.94. The van der Waals surface area contributed by atoms with Gasteiger partial charge >= 0.3 is 0 Å². The highest BCUT2D eigenvalue weighted by atomic mass is 35.5. The number of carbonyl (C=O) groups excluding carboxylic acids is 2. The largest absolute Gasteiger partial charge is 0.378 e. The fourth-order valence-corrected chi connectivity index (χ4v) is 4.19. The highest BCUT2D eigenvalue weighted by Gasteiger charge is 2.14. The van der Waals surface area contributed by atoms with E-state index in [9.17, 15) is 9.59 Å². The molecule has 1 aliphatic rings. The van der Waals surface area contributed by atoms with Crippen molar-refractivity contribution >= 4 is 41.0 Å². The molecule has 0 spiro atoms. The lowest BCUT2D eigenvalue weighted by molar-refractivity contribution is 0.0846. The summed E-state index contributed by atoms with van der Waals surface area (Å²) < 4.78 is 5.34. The quantitative estimate of drug-likeness (QED) is 0.409. The van der Waals surface area contributed by atoms with Crippen molar-refractivity contribution in [3.05, 3.63) is 88.6 Å². The van der Waals surface area contributed by atoms with Crippen molar-refractivity contribution in [1.29, 1.82) is 0 Å². The maximum atomic E-state index is 12.4. The van der Waals surface area contributed by atoms with Crippen LogP contribution in [0.1, 0.15) is 26.3 Å². The van der Waals surface area contributed by atoms with Gasteiger partial charge in [-0.3, -0.25) is 20.4 Å². The number of rotatable bonds is 6. The van der Waals surface area contributed by atoms with Crippen molar-refractivity contribution in [2.45, 2.75) is 10.6 Å². The number of hydrogen-bond donors (Lipinski definition) is 2. The Morgan fingerprint density at radius 3 is 2.18 bits per heavy atom. The van der Waals surface area contributed by atoms with Crippen LogP contribution in [0.3, 0.4) is 0 Å². The molecule has 1 aliphatic heterocycles. The lowest BCUT2D eigenvalue weighted by Gasteiger charge is -2.27. The van der Waals surface area contributed by atoms with Crippen LogP contribution in [0.4, 0.5) is 5.82 Å². The van der Waals surface area contributed by atoms with Crippen LogP contribution in [0.5, 0.6) is 0 Å². The van der Waals surface area contributed by atoms with E-state index in [1.54, 1.807) is 36.0 Å². The van der Waals surface area contributed by atoms with Gasteiger partial charge in [-0.05, 0) is 54.1 Å². The molecule has 4 rings (SSSR count). The molecule has 0 bridgehead atoms. The number of hydrazine groups is 1. The van der Waals surface area contributed by atoms with Gasteiger partial charge in [-0.1, -0.05) is 23.7 Å². The Morgan fingerprint density at radius 1 is 0.909 bits per heavy atom. The summed E-state index contributed by atoms with van der Waals surface area (Å²) in [4.78, 5) is 32.3. The van der Waals surface area contributed by atoms with Gasteiger partial charge in [0.15, 0.2) is 0 Å². The molecule has 2 aromatic carbocycles. The molecule has 170 valence electrons. The molecule has 3 aromatic rings. The molecule has 1 aromatic heterocycles. The van der Waals surface area contributed by atoms with Crippen LogP contribution in [0.25, 0.3) is 0 Å². The van der Waals surface area contributed by atoms with E-state index >= 15 is 0 Å². The van der Waals surface area contributed by atoms with Gasteiger partial charge in [-0.2, -0.15) is 0 Å². The van der Waals surface area contributed by atoms with E-state index in [4.69, 9.17) is 16.3 Å². The number of carbonyl (C=O) groups is 2. The van der Waals surface area contributed by atoms with E-state index in [1.165, 1.54) is 6.20 Å². The summed E-state index contributed by atoms with van der Waals surface area (Å²) in [7, 11) is 0. The number of benzene rings is 2. The predicted molar refractivity (Wildman–Crippen MR) is 130 cm³/mol. The summed E-state index contributed by atoms with van der Waals surface area (Å²) in [6.45, 7) is 2.87. The molecule has 1 saturated heterocycles. The van der Waals surface area contributed by atoms with Crippen molar-refractivity contribution in [3.63, 3.8) is 0 Å². The molecular formula is C24H23ClN4O3S. The molecule has 2 N–H and O–H groups in total. The normalized spacial score (nSPS) is 13.4. The Labute approximate surface area is 201 Å². The number of pyridine rings is 1. The van der Waals surface area contributed by atoms with Gasteiger partial charge in [0.05, 0.1) is 18.8 Å². The first-order chi connectivity index (χ1) is 16.1. The van der Waals surface area contributed by atoms with Crippen molar-refractivity contribution in [2.24, 2.45) is 0 Å². The van der Waals surface area contributed by atoms with E-state index in [-0.39, 0.29) is 0 Å². The van der Waals surface area contributed by atoms with Gasteiger partial charge in [-0.15, -0.1) is 11.8 Å². The van der Waals surface area contributed by atoms with Gasteiger partial charge in [0, 0.05) is 40.5 Å². The minimum atomic E-state index is -0.430. The van der Waals surface area contributed by atoms with E-state index in [2.05, 4.69) is 20.7 Å². The van der Waals surface area contributed by atoms with Crippen LogP contribution in [-0.4, -0.2) is 43.1 Å². The van der Waals surface area contributed by atoms with Crippen LogP contribution < -0.4 is 15.8 Å². The first-order valence-corrected chi connectivity index (χ1v) is 11.8. The summed E-state index contributed by atoms with van der Waals surface area (Å²) in [6, 6.07) is 18.4. The second kappa shape index (κ2) is 11.2. The Balaban J connectivity index is 1.25. The standard InChI is InChI=1S/C24H23ClN4O3S/c25-20-6-8-21(9-7-20)33-16-17-1-3-18(4-2-17)23(30)27-28-24(31)19-5-10-22(26-15-19)29-11-13-32-14-12-29/h1-10,15H,11-14,16H2,(H,27,30)(H,28,31). The summed E-state index contributed by atoms with van der Waals surface area (Å²) in [5.74, 6) is 0.750. The number of morpholine rings is 1. The maximum Gasteiger partial charge on any atom is 0.271 e. The number of ether oxygens (including phenoxy) is 1. The SMILES string of the molecule is O=C(NNC(=O)c1ccc(N2CCOCC2)nc1)c1ccc(CSc2ccc(Cl)cc2)cc1. The number of halogens is 1. The monoisotopic (exact) mass is 482 g/mol. The molecule has 7 nitrogen and oxygen atoms in total. The molecule has 0 unspecified atom stereocenters. The van der Waals surface area contributed by atoms with Crippen molar-refractivity contribution < 1.29 is 14.3 Å². The van der Waals surface area contributed by atoms with Crippen LogP contribution in [0.2, 0.25) is 5.02 Å². The second-order valence-corrected chi connectivity index (χ2v) is 8.84. The first-order valence-electron chi connectivity index (χ1n) is 10.5. The fourth-order valence-electron chi connectivity index (χ4n) is 3.21. The Morgan fingerprint density at radius 2 is 1.55 bits per heavy atom. The molecule has 33 heavy (non-hydrogen) atoms. The lowest BCUT2D eigenvalue weighted by atomic mass is 10.1. The van der Waals surface area contributed by atoms with Gasteiger partial charge in [0.2, 0.25) is 0 Å². The van der Waals surface area contributed by atoms with Crippen LogP contribution in [0, 0.1) is 0 Å². The molecule has 2 amide bonds. The Bertz CT molecular complexity index is 1090. The molecule has 9 heteroatoms. The number of nitrogens with zero attached hydrogens (tertiary/aromatic N) is 2. The zero-order valence-corrected chi connectivity index (χ0v) is 19.4. The van der Waals surface area contributed by atoms with Gasteiger partial charge < -0.3 is 9.64 Å². The molecular weight excluding hydrogens is 460 g/mol. The van der Waals surface area contributed by atoms with Crippen LogP contribution >= 0.6 is 23.4 Å². The third kappa shape index (κ3) is 6.47. The molecule has 0 aliphatic carbocycles. The number of anilines is 1. The van der Waals surface area contributed by atoms with Gasteiger partial charge in [0.1, 0.15) is 5.82 Å². The van der Waals surface area contributed by atoms with Gasteiger partial charge in [-0.25, -0.2) is 4.98 Å². The third-order valence-electron chi connectivity index (χ3n) is 5.07. The topological polar surface area (TPSA) is 83.6 Å². The van der Waals surface area contributed by atoms with E-state index < -0.39 is 11.8 Å². The number of nitrogens with one attached hydrogen (secondary N) is 2.